The molecule has 6 nitrogen and oxygen atoms in total. The second-order valence-corrected chi connectivity index (χ2v) is 5.83. The lowest BCUT2D eigenvalue weighted by atomic mass is 10.2. The molecule has 1 aliphatic rings. The van der Waals surface area contributed by atoms with Gasteiger partial charge in [-0.15, -0.1) is 0 Å². The summed E-state index contributed by atoms with van der Waals surface area (Å²) in [6.07, 6.45) is 3.57. The Balaban J connectivity index is 1.65. The van der Waals surface area contributed by atoms with Gasteiger partial charge in [-0.2, -0.15) is 0 Å². The Morgan fingerprint density at radius 2 is 2.08 bits per heavy atom. The molecule has 1 saturated heterocycles. The van der Waals surface area contributed by atoms with E-state index in [4.69, 9.17) is 21.1 Å². The lowest BCUT2D eigenvalue weighted by Crippen LogP contribution is -2.31. The van der Waals surface area contributed by atoms with Crippen molar-refractivity contribution >= 4 is 17.5 Å². The Kier molecular flexibility index (Phi) is 5.15. The van der Waals surface area contributed by atoms with Crippen LogP contribution >= 0.6 is 11.6 Å². The number of rotatable bonds is 5. The molecule has 3 rings (SSSR count). The highest BCUT2D eigenvalue weighted by Gasteiger charge is 2.30. The number of benzene rings is 1. The van der Waals surface area contributed by atoms with E-state index in [1.807, 2.05) is 25.1 Å². The van der Waals surface area contributed by atoms with Crippen LogP contribution in [0.2, 0.25) is 5.02 Å². The number of hydrogen-bond acceptors (Lipinski definition) is 5. The normalized spacial score (nSPS) is 16.9. The first-order chi connectivity index (χ1) is 11.7. The van der Waals surface area contributed by atoms with Crippen molar-refractivity contribution in [3.63, 3.8) is 0 Å². The SMILES string of the molecule is CCOc1ccccc1C(=O)N1CCC(Oc2ncc(Cl)cn2)C1. The largest absolute Gasteiger partial charge is 0.493 e. The predicted molar refractivity (Wildman–Crippen MR) is 89.6 cm³/mol. The molecule has 2 heterocycles. The van der Waals surface area contributed by atoms with Crippen LogP contribution in [-0.2, 0) is 0 Å². The van der Waals surface area contributed by atoms with Crippen LogP contribution in [-0.4, -0.2) is 46.6 Å². The third-order valence-electron chi connectivity index (χ3n) is 3.72. The van der Waals surface area contributed by atoms with Gasteiger partial charge in [0.15, 0.2) is 0 Å². The number of hydrogen-bond donors (Lipinski definition) is 0. The van der Waals surface area contributed by atoms with E-state index in [0.29, 0.717) is 36.0 Å². The van der Waals surface area contributed by atoms with Gasteiger partial charge in [0.1, 0.15) is 11.9 Å². The Hall–Kier alpha value is -2.34. The monoisotopic (exact) mass is 347 g/mol. The number of ether oxygens (including phenoxy) is 2. The molecule has 24 heavy (non-hydrogen) atoms. The summed E-state index contributed by atoms with van der Waals surface area (Å²) in [7, 11) is 0. The highest BCUT2D eigenvalue weighted by atomic mass is 35.5. The van der Waals surface area contributed by atoms with Crippen LogP contribution in [0.1, 0.15) is 23.7 Å². The lowest BCUT2D eigenvalue weighted by molar-refractivity contribution is 0.0765. The van der Waals surface area contributed by atoms with Crippen LogP contribution in [0.15, 0.2) is 36.7 Å². The van der Waals surface area contributed by atoms with E-state index in [1.54, 1.807) is 11.0 Å². The number of carbonyl (C=O) groups excluding carboxylic acids is 1. The number of amides is 1. The number of nitrogens with zero attached hydrogens (tertiary/aromatic N) is 3. The molecule has 1 aliphatic heterocycles. The molecule has 126 valence electrons. The van der Waals surface area contributed by atoms with Crippen LogP contribution in [0.4, 0.5) is 0 Å². The quantitative estimate of drug-likeness (QED) is 0.832. The maximum Gasteiger partial charge on any atom is 0.316 e. The van der Waals surface area contributed by atoms with Crippen molar-refractivity contribution in [2.75, 3.05) is 19.7 Å². The first-order valence-corrected chi connectivity index (χ1v) is 8.20. The molecule has 0 radical (unpaired) electrons. The first kappa shape index (κ1) is 16.5. The number of carbonyl (C=O) groups is 1. The number of halogens is 1. The zero-order valence-electron chi connectivity index (χ0n) is 13.3. The molecule has 0 saturated carbocycles. The second kappa shape index (κ2) is 7.49. The van der Waals surface area contributed by atoms with Gasteiger partial charge in [0.2, 0.25) is 0 Å². The molecule has 0 spiro atoms. The van der Waals surface area contributed by atoms with Crippen molar-refractivity contribution in [3.05, 3.63) is 47.2 Å². The first-order valence-electron chi connectivity index (χ1n) is 7.82. The third kappa shape index (κ3) is 3.76. The summed E-state index contributed by atoms with van der Waals surface area (Å²) in [6.45, 7) is 3.53. The minimum atomic E-state index is -0.130. The molecule has 0 aliphatic carbocycles. The van der Waals surface area contributed by atoms with Gasteiger partial charge in [0.25, 0.3) is 5.91 Å². The summed E-state index contributed by atoms with van der Waals surface area (Å²) >= 11 is 5.76. The Morgan fingerprint density at radius 3 is 2.83 bits per heavy atom. The van der Waals surface area contributed by atoms with Crippen molar-refractivity contribution in [3.8, 4) is 11.8 Å². The molecule has 1 fully saturated rings. The van der Waals surface area contributed by atoms with Crippen LogP contribution < -0.4 is 9.47 Å². The molecule has 1 atom stereocenters. The zero-order valence-corrected chi connectivity index (χ0v) is 14.1. The topological polar surface area (TPSA) is 64.5 Å². The molecule has 7 heteroatoms. The molecular formula is C17H18ClN3O3. The van der Waals surface area contributed by atoms with Crippen LogP contribution in [0, 0.1) is 0 Å². The third-order valence-corrected chi connectivity index (χ3v) is 3.91. The van der Waals surface area contributed by atoms with Crippen molar-refractivity contribution < 1.29 is 14.3 Å². The van der Waals surface area contributed by atoms with Crippen LogP contribution in [0.5, 0.6) is 11.8 Å². The molecule has 0 bridgehead atoms. The number of para-hydroxylation sites is 1. The second-order valence-electron chi connectivity index (χ2n) is 5.39. The van der Waals surface area contributed by atoms with E-state index in [1.165, 1.54) is 12.4 Å². The van der Waals surface area contributed by atoms with Crippen molar-refractivity contribution in [2.45, 2.75) is 19.4 Å². The fourth-order valence-corrected chi connectivity index (χ4v) is 2.71. The van der Waals surface area contributed by atoms with Crippen molar-refractivity contribution in [1.82, 2.24) is 14.9 Å². The Labute approximate surface area is 145 Å². The summed E-state index contributed by atoms with van der Waals surface area (Å²) in [4.78, 5) is 22.5. The zero-order chi connectivity index (χ0) is 16.9. The molecule has 1 unspecified atom stereocenters. The average molecular weight is 348 g/mol. The van der Waals surface area contributed by atoms with E-state index >= 15 is 0 Å². The van der Waals surface area contributed by atoms with Gasteiger partial charge in [-0.05, 0) is 19.1 Å². The van der Waals surface area contributed by atoms with Gasteiger partial charge in [-0.25, -0.2) is 9.97 Å². The molecular weight excluding hydrogens is 330 g/mol. The Morgan fingerprint density at radius 1 is 1.33 bits per heavy atom. The minimum absolute atomic E-state index is 0.0535. The number of aromatic nitrogens is 2. The summed E-state index contributed by atoms with van der Waals surface area (Å²) in [5.74, 6) is 0.553. The summed E-state index contributed by atoms with van der Waals surface area (Å²) in [6, 6.07) is 7.55. The maximum atomic E-state index is 12.7. The number of likely N-dealkylation sites (tertiary alicyclic amines) is 1. The van der Waals surface area contributed by atoms with E-state index in [9.17, 15) is 4.79 Å². The summed E-state index contributed by atoms with van der Waals surface area (Å²) in [5, 5.41) is 0.457. The fraction of sp³-hybridized carbons (Fsp3) is 0.353. The van der Waals surface area contributed by atoms with Crippen molar-refractivity contribution in [1.29, 1.82) is 0 Å². The van der Waals surface area contributed by atoms with Crippen LogP contribution in [0.25, 0.3) is 0 Å². The maximum absolute atomic E-state index is 12.7. The van der Waals surface area contributed by atoms with Gasteiger partial charge in [0.05, 0.1) is 36.1 Å². The standard InChI is InChI=1S/C17H18ClN3O3/c1-2-23-15-6-4-3-5-14(15)16(22)21-8-7-13(11-21)24-17-19-9-12(18)10-20-17/h3-6,9-10,13H,2,7-8,11H2,1H3. The Bertz CT molecular complexity index is 708. The van der Waals surface area contributed by atoms with Crippen LogP contribution in [0.3, 0.4) is 0 Å². The molecule has 2 aromatic rings. The highest BCUT2D eigenvalue weighted by Crippen LogP contribution is 2.23. The molecule has 1 amide bonds. The minimum Gasteiger partial charge on any atom is -0.493 e. The summed E-state index contributed by atoms with van der Waals surface area (Å²) < 4.78 is 11.3. The van der Waals surface area contributed by atoms with E-state index in [0.717, 1.165) is 6.42 Å². The summed E-state index contributed by atoms with van der Waals surface area (Å²) in [5.41, 5.74) is 0.572. The lowest BCUT2D eigenvalue weighted by Gasteiger charge is -2.18. The van der Waals surface area contributed by atoms with Gasteiger partial charge in [-0.1, -0.05) is 23.7 Å². The highest BCUT2D eigenvalue weighted by molar-refractivity contribution is 6.30. The predicted octanol–water partition coefficient (Wildman–Crippen LogP) is 2.82. The molecule has 1 aromatic carbocycles. The molecule has 0 N–H and O–H groups in total. The van der Waals surface area contributed by atoms with Crippen molar-refractivity contribution in [2.24, 2.45) is 0 Å². The van der Waals surface area contributed by atoms with Gasteiger partial charge >= 0.3 is 6.01 Å². The fourth-order valence-electron chi connectivity index (χ4n) is 2.61. The smallest absolute Gasteiger partial charge is 0.316 e. The molecule has 1 aromatic heterocycles. The van der Waals surface area contributed by atoms with Gasteiger partial charge < -0.3 is 14.4 Å². The average Bonchev–Trinajstić information content (AvgIpc) is 3.06. The van der Waals surface area contributed by atoms with E-state index in [-0.39, 0.29) is 18.0 Å². The van der Waals surface area contributed by atoms with Gasteiger partial charge in [-0.3, -0.25) is 4.79 Å². The van der Waals surface area contributed by atoms with E-state index in [2.05, 4.69) is 9.97 Å². The van der Waals surface area contributed by atoms with E-state index < -0.39 is 0 Å². The van der Waals surface area contributed by atoms with Gasteiger partial charge in [0, 0.05) is 13.0 Å².